The second-order valence-corrected chi connectivity index (χ2v) is 8.96. The van der Waals surface area contributed by atoms with E-state index in [-0.39, 0.29) is 24.5 Å². The highest BCUT2D eigenvalue weighted by molar-refractivity contribution is 5.88. The van der Waals surface area contributed by atoms with Crippen molar-refractivity contribution in [2.45, 2.75) is 76.6 Å². The molecule has 0 aromatic heterocycles. The first-order valence-corrected chi connectivity index (χ1v) is 12.0. The van der Waals surface area contributed by atoms with Crippen LogP contribution in [0.2, 0.25) is 0 Å². The molecule has 0 bridgehead atoms. The number of hydrogen-bond donors (Lipinski definition) is 2. The summed E-state index contributed by atoms with van der Waals surface area (Å²) < 4.78 is 11.1. The van der Waals surface area contributed by atoms with Crippen LogP contribution in [0.4, 0.5) is 0 Å². The first-order valence-electron chi connectivity index (χ1n) is 12.0. The molecule has 0 radical (unpaired) electrons. The molecule has 182 valence electrons. The number of carbonyl (C=O) groups excluding carboxylic acids is 2. The lowest BCUT2D eigenvalue weighted by Crippen LogP contribution is -2.53. The molecular weight excluding hydrogens is 424 g/mol. The summed E-state index contributed by atoms with van der Waals surface area (Å²) >= 11 is 0. The number of benzene rings is 1. The number of carboxylic acid groups (broad SMARTS) is 1. The number of hydrogen-bond acceptors (Lipinski definition) is 6. The van der Waals surface area contributed by atoms with Gasteiger partial charge in [0.15, 0.2) is 0 Å². The second kappa shape index (κ2) is 12.1. The molecule has 5 atom stereocenters. The fraction of sp³-hybridized carbons (Fsp3) is 0.640. The van der Waals surface area contributed by atoms with Crippen LogP contribution in [0.3, 0.4) is 0 Å². The third-order valence-electron chi connectivity index (χ3n) is 6.60. The van der Waals surface area contributed by atoms with E-state index in [4.69, 9.17) is 9.47 Å². The van der Waals surface area contributed by atoms with E-state index in [1.165, 1.54) is 4.90 Å². The zero-order valence-electron chi connectivity index (χ0n) is 19.6. The van der Waals surface area contributed by atoms with E-state index in [0.717, 1.165) is 24.8 Å². The summed E-state index contributed by atoms with van der Waals surface area (Å²) in [5.74, 6) is -1.70. The number of nitrogens with zero attached hydrogens (tertiary/aromatic N) is 1. The summed E-state index contributed by atoms with van der Waals surface area (Å²) in [5.41, 5.74) is 1.09. The Labute approximate surface area is 195 Å². The van der Waals surface area contributed by atoms with Crippen molar-refractivity contribution in [2.75, 3.05) is 19.8 Å². The monoisotopic (exact) mass is 460 g/mol. The Hall–Kier alpha value is -2.45. The minimum atomic E-state index is -1.00. The molecule has 2 aliphatic heterocycles. The van der Waals surface area contributed by atoms with Gasteiger partial charge in [0, 0.05) is 19.1 Å². The van der Waals surface area contributed by atoms with Gasteiger partial charge in [-0.25, -0.2) is 4.79 Å². The van der Waals surface area contributed by atoms with Gasteiger partial charge in [-0.3, -0.25) is 14.9 Å². The molecule has 2 aliphatic rings. The van der Waals surface area contributed by atoms with Gasteiger partial charge in [0.2, 0.25) is 5.91 Å². The van der Waals surface area contributed by atoms with E-state index in [2.05, 4.69) is 5.32 Å². The van der Waals surface area contributed by atoms with Gasteiger partial charge in [-0.15, -0.1) is 0 Å². The summed E-state index contributed by atoms with van der Waals surface area (Å²) in [6.07, 6.45) is 4.51. The highest BCUT2D eigenvalue weighted by atomic mass is 16.5. The van der Waals surface area contributed by atoms with Gasteiger partial charge in [0.1, 0.15) is 12.1 Å². The normalized spacial score (nSPS) is 24.8. The average Bonchev–Trinajstić information content (AvgIpc) is 3.28. The molecule has 3 rings (SSSR count). The van der Waals surface area contributed by atoms with Gasteiger partial charge in [0.25, 0.3) is 0 Å². The fourth-order valence-corrected chi connectivity index (χ4v) is 4.84. The van der Waals surface area contributed by atoms with Gasteiger partial charge in [-0.1, -0.05) is 30.3 Å². The third-order valence-corrected chi connectivity index (χ3v) is 6.60. The third kappa shape index (κ3) is 6.77. The number of aliphatic carboxylic acids is 1. The molecule has 2 fully saturated rings. The van der Waals surface area contributed by atoms with Crippen molar-refractivity contribution < 1.29 is 29.0 Å². The molecule has 1 amide bonds. The predicted molar refractivity (Wildman–Crippen MR) is 123 cm³/mol. The molecule has 8 nitrogen and oxygen atoms in total. The lowest BCUT2D eigenvalue weighted by Gasteiger charge is -2.29. The van der Waals surface area contributed by atoms with Crippen LogP contribution < -0.4 is 5.32 Å². The number of likely N-dealkylation sites (tertiary alicyclic amines) is 1. The maximum Gasteiger partial charge on any atom is 0.326 e. The molecule has 0 spiro atoms. The second-order valence-electron chi connectivity index (χ2n) is 8.96. The zero-order valence-corrected chi connectivity index (χ0v) is 19.6. The van der Waals surface area contributed by atoms with Crippen LogP contribution in [0.25, 0.3) is 0 Å². The number of amides is 1. The molecule has 33 heavy (non-hydrogen) atoms. The molecule has 2 unspecified atom stereocenters. The van der Waals surface area contributed by atoms with Gasteiger partial charge in [-0.2, -0.15) is 0 Å². The molecule has 1 aromatic rings. The maximum absolute atomic E-state index is 13.3. The predicted octanol–water partition coefficient (Wildman–Crippen LogP) is 2.40. The number of esters is 1. The average molecular weight is 461 g/mol. The van der Waals surface area contributed by atoms with Crippen molar-refractivity contribution in [1.29, 1.82) is 0 Å². The number of ether oxygens (including phenoxy) is 2. The quantitative estimate of drug-likeness (QED) is 0.517. The van der Waals surface area contributed by atoms with Crippen molar-refractivity contribution in [3.05, 3.63) is 35.9 Å². The fourth-order valence-electron chi connectivity index (χ4n) is 4.84. The van der Waals surface area contributed by atoms with Crippen LogP contribution in [0.5, 0.6) is 0 Å². The number of rotatable bonds is 10. The summed E-state index contributed by atoms with van der Waals surface area (Å²) in [6.45, 7) is 4.73. The minimum absolute atomic E-state index is 0.000168. The largest absolute Gasteiger partial charge is 0.480 e. The standard InChI is InChI=1S/C25H36N2O6/c1-3-32-25(31)20(13-12-18-9-5-4-6-10-18)26-17(2)23(28)27-16-19(15-21(27)24(29)30)22-11-7-8-14-33-22/h4-6,9-10,17,19-22,26H,3,7-8,11-16H2,1-2H3,(H,29,30)/t17-,19-,20?,21-,22?/m0/s1. The Bertz CT molecular complexity index is 795. The highest BCUT2D eigenvalue weighted by Gasteiger charge is 2.44. The number of carbonyl (C=O) groups is 3. The van der Waals surface area contributed by atoms with Gasteiger partial charge in [0.05, 0.1) is 18.8 Å². The minimum Gasteiger partial charge on any atom is -0.480 e. The summed E-state index contributed by atoms with van der Waals surface area (Å²) in [5, 5.41) is 12.9. The lowest BCUT2D eigenvalue weighted by molar-refractivity contribution is -0.150. The molecule has 2 heterocycles. The van der Waals surface area contributed by atoms with E-state index in [1.54, 1.807) is 13.8 Å². The van der Waals surface area contributed by atoms with E-state index >= 15 is 0 Å². The smallest absolute Gasteiger partial charge is 0.326 e. The van der Waals surface area contributed by atoms with E-state index < -0.39 is 30.1 Å². The molecule has 0 saturated carbocycles. The maximum atomic E-state index is 13.3. The highest BCUT2D eigenvalue weighted by Crippen LogP contribution is 2.32. The molecular formula is C25H36N2O6. The Morgan fingerprint density at radius 1 is 1.24 bits per heavy atom. The van der Waals surface area contributed by atoms with E-state index in [9.17, 15) is 19.5 Å². The Kier molecular flexibility index (Phi) is 9.26. The van der Waals surface area contributed by atoms with Crippen LogP contribution in [-0.2, 0) is 30.3 Å². The van der Waals surface area contributed by atoms with Crippen molar-refractivity contribution in [1.82, 2.24) is 10.2 Å². The summed E-state index contributed by atoms with van der Waals surface area (Å²) in [7, 11) is 0. The number of carboxylic acids is 1. The van der Waals surface area contributed by atoms with Gasteiger partial charge < -0.3 is 19.5 Å². The Balaban J connectivity index is 1.65. The van der Waals surface area contributed by atoms with E-state index in [1.807, 2.05) is 30.3 Å². The summed E-state index contributed by atoms with van der Waals surface area (Å²) in [4.78, 5) is 39.2. The van der Waals surface area contributed by atoms with Crippen molar-refractivity contribution >= 4 is 17.8 Å². The molecule has 8 heteroatoms. The number of aryl methyl sites for hydroxylation is 1. The van der Waals surface area contributed by atoms with Crippen LogP contribution in [0, 0.1) is 5.92 Å². The molecule has 2 saturated heterocycles. The molecule has 0 aliphatic carbocycles. The first-order chi connectivity index (χ1) is 15.9. The lowest BCUT2D eigenvalue weighted by atomic mass is 9.93. The Morgan fingerprint density at radius 3 is 2.64 bits per heavy atom. The van der Waals surface area contributed by atoms with Crippen LogP contribution in [0.1, 0.15) is 51.5 Å². The first kappa shape index (κ1) is 25.2. The van der Waals surface area contributed by atoms with Crippen LogP contribution in [0.15, 0.2) is 30.3 Å². The van der Waals surface area contributed by atoms with Crippen LogP contribution in [-0.4, -0.2) is 71.8 Å². The zero-order chi connectivity index (χ0) is 23.8. The van der Waals surface area contributed by atoms with Crippen molar-refractivity contribution in [2.24, 2.45) is 5.92 Å². The van der Waals surface area contributed by atoms with Crippen LogP contribution >= 0.6 is 0 Å². The molecule has 2 N–H and O–H groups in total. The summed E-state index contributed by atoms with van der Waals surface area (Å²) in [6, 6.07) is 7.56. The van der Waals surface area contributed by atoms with Gasteiger partial charge >= 0.3 is 11.9 Å². The number of nitrogens with one attached hydrogen (secondary N) is 1. The Morgan fingerprint density at radius 2 is 2.00 bits per heavy atom. The van der Waals surface area contributed by atoms with Gasteiger partial charge in [-0.05, 0) is 57.9 Å². The van der Waals surface area contributed by atoms with Crippen molar-refractivity contribution in [3.63, 3.8) is 0 Å². The topological polar surface area (TPSA) is 105 Å². The SMILES string of the molecule is CCOC(=O)C(CCc1ccccc1)N[C@@H](C)C(=O)N1C[C@@H](C2CCCCO2)C[C@H]1C(=O)O. The van der Waals surface area contributed by atoms with Crippen molar-refractivity contribution in [3.8, 4) is 0 Å². The van der Waals surface area contributed by atoms with E-state index in [0.29, 0.717) is 32.4 Å². The molecule has 1 aromatic carbocycles.